The fourth-order valence-electron chi connectivity index (χ4n) is 7.53. The first-order chi connectivity index (χ1) is 27.0. The first-order valence-corrected chi connectivity index (χ1v) is 18.2. The van der Waals surface area contributed by atoms with Gasteiger partial charge in [0.25, 0.3) is 5.91 Å². The van der Waals surface area contributed by atoms with Crippen LogP contribution in [0.1, 0.15) is 65.8 Å². The predicted octanol–water partition coefficient (Wildman–Crippen LogP) is 5.86. The van der Waals surface area contributed by atoms with E-state index in [1.54, 1.807) is 57.4 Å². The van der Waals surface area contributed by atoms with Crippen molar-refractivity contribution in [2.24, 2.45) is 14.1 Å². The molecule has 1 aliphatic rings. The summed E-state index contributed by atoms with van der Waals surface area (Å²) in [5.74, 6) is 5.12. The van der Waals surface area contributed by atoms with Crippen molar-refractivity contribution in [3.8, 4) is 40.3 Å². The Morgan fingerprint density at radius 2 is 1.79 bits per heavy atom. The van der Waals surface area contributed by atoms with Crippen molar-refractivity contribution in [3.63, 3.8) is 0 Å². The van der Waals surface area contributed by atoms with Gasteiger partial charge in [-0.15, -0.1) is 0 Å². The van der Waals surface area contributed by atoms with Crippen molar-refractivity contribution >= 4 is 50.4 Å². The van der Waals surface area contributed by atoms with E-state index in [4.69, 9.17) is 4.98 Å². The number of nitrogens with one attached hydrogen (secondary N) is 2. The summed E-state index contributed by atoms with van der Waals surface area (Å²) in [6, 6.07) is 22.8. The molecule has 1 fully saturated rings. The number of imide groups is 1. The van der Waals surface area contributed by atoms with Crippen LogP contribution in [0.4, 0.5) is 0 Å². The molecule has 8 rings (SSSR count). The number of imidazole rings is 1. The standard InChI is InChI=1S/C44H36N8O4/c1-25(2)33-18-29(20-39-41(33)51(4)44(56)50(39)3)31-9-5-8-27-19-36(48-23-34(27)31)28-11-13-35(47-22-28)42(54)46-16-6-7-26-10-12-32-30(21-45)24-52(38(32)17-26)37-14-15-40(53)49-43(37)55/h5,8-13,17-20,22-25,37H,14-16H2,1-4H3,(H,46,54)(H,49,53,55). The molecular formula is C44H36N8O4. The largest absolute Gasteiger partial charge is 0.340 e. The van der Waals surface area contributed by atoms with Gasteiger partial charge in [-0.3, -0.25) is 38.8 Å². The fourth-order valence-corrected chi connectivity index (χ4v) is 7.53. The van der Waals surface area contributed by atoms with Gasteiger partial charge < -0.3 is 9.88 Å². The molecule has 1 unspecified atom stereocenters. The van der Waals surface area contributed by atoms with Crippen LogP contribution in [0, 0.1) is 23.2 Å². The summed E-state index contributed by atoms with van der Waals surface area (Å²) in [7, 11) is 3.62. The van der Waals surface area contributed by atoms with E-state index >= 15 is 0 Å². The second-order valence-corrected chi connectivity index (χ2v) is 14.3. The van der Waals surface area contributed by atoms with Crippen LogP contribution in [0.25, 0.3) is 55.1 Å². The summed E-state index contributed by atoms with van der Waals surface area (Å²) in [6.45, 7) is 4.33. The van der Waals surface area contributed by atoms with E-state index in [1.807, 2.05) is 37.5 Å². The molecule has 56 heavy (non-hydrogen) atoms. The number of piperidine rings is 1. The van der Waals surface area contributed by atoms with E-state index in [2.05, 4.69) is 65.6 Å². The highest BCUT2D eigenvalue weighted by molar-refractivity contribution is 6.01. The molecule has 1 atom stereocenters. The third-order valence-corrected chi connectivity index (χ3v) is 10.5. The lowest BCUT2D eigenvalue weighted by Gasteiger charge is -2.23. The number of aryl methyl sites for hydroxylation is 2. The zero-order chi connectivity index (χ0) is 39.2. The third-order valence-electron chi connectivity index (χ3n) is 10.5. The number of carbonyl (C=O) groups excluding carboxylic acids is 3. The molecule has 1 saturated heterocycles. The Hall–Kier alpha value is -7.31. The quantitative estimate of drug-likeness (QED) is 0.160. The molecule has 3 aromatic carbocycles. The van der Waals surface area contributed by atoms with E-state index in [0.717, 1.165) is 44.1 Å². The van der Waals surface area contributed by atoms with Gasteiger partial charge in [0.1, 0.15) is 17.8 Å². The molecule has 0 spiro atoms. The lowest BCUT2D eigenvalue weighted by Crippen LogP contribution is -2.41. The molecule has 0 bridgehead atoms. The first-order valence-electron chi connectivity index (χ1n) is 18.2. The Morgan fingerprint density at radius 3 is 2.54 bits per heavy atom. The molecule has 4 aromatic heterocycles. The third kappa shape index (κ3) is 6.27. The number of fused-ring (bicyclic) bond motifs is 3. The summed E-state index contributed by atoms with van der Waals surface area (Å²) in [6.07, 6.45) is 5.67. The first kappa shape index (κ1) is 35.7. The molecule has 1 aliphatic heterocycles. The van der Waals surface area contributed by atoms with Crippen LogP contribution in [0.3, 0.4) is 0 Å². The normalized spacial score (nSPS) is 14.2. The average Bonchev–Trinajstić information content (AvgIpc) is 3.68. The Morgan fingerprint density at radius 1 is 0.946 bits per heavy atom. The van der Waals surface area contributed by atoms with Crippen molar-refractivity contribution in [2.45, 2.75) is 38.6 Å². The second-order valence-electron chi connectivity index (χ2n) is 14.3. The van der Waals surface area contributed by atoms with Gasteiger partial charge in [-0.2, -0.15) is 5.26 Å². The SMILES string of the molecule is CC(C)c1cc(-c2cccc3cc(-c4ccc(C(=O)NCC#Cc5ccc6c(C#N)cn(C7CCC(=O)NC7=O)c6c5)nc4)ncc23)cc2c1n(C)c(=O)n2C. The van der Waals surface area contributed by atoms with Crippen LogP contribution >= 0.6 is 0 Å². The summed E-state index contributed by atoms with van der Waals surface area (Å²) >= 11 is 0. The summed E-state index contributed by atoms with van der Waals surface area (Å²) in [5, 5.41) is 17.5. The minimum Gasteiger partial charge on any atom is -0.340 e. The van der Waals surface area contributed by atoms with Gasteiger partial charge in [0, 0.05) is 61.0 Å². The lowest BCUT2D eigenvalue weighted by molar-refractivity contribution is -0.135. The zero-order valence-corrected chi connectivity index (χ0v) is 31.2. The summed E-state index contributed by atoms with van der Waals surface area (Å²) in [4.78, 5) is 59.2. The number of carbonyl (C=O) groups is 3. The number of nitrogens with zero attached hydrogens (tertiary/aromatic N) is 6. The van der Waals surface area contributed by atoms with Gasteiger partial charge in [-0.05, 0) is 76.9 Å². The summed E-state index contributed by atoms with van der Waals surface area (Å²) < 4.78 is 5.13. The van der Waals surface area contributed by atoms with Crippen LogP contribution in [0.2, 0.25) is 0 Å². The van der Waals surface area contributed by atoms with Crippen LogP contribution in [0.15, 0.2) is 90.1 Å². The van der Waals surface area contributed by atoms with Gasteiger partial charge in [-0.1, -0.05) is 50.0 Å². The van der Waals surface area contributed by atoms with Crippen LogP contribution in [0.5, 0.6) is 0 Å². The van der Waals surface area contributed by atoms with Crippen molar-refractivity contribution in [1.82, 2.24) is 34.3 Å². The van der Waals surface area contributed by atoms with E-state index in [0.29, 0.717) is 34.1 Å². The highest BCUT2D eigenvalue weighted by Gasteiger charge is 2.29. The average molecular weight is 741 g/mol. The van der Waals surface area contributed by atoms with Gasteiger partial charge in [0.2, 0.25) is 11.8 Å². The van der Waals surface area contributed by atoms with E-state index in [-0.39, 0.29) is 42.1 Å². The smallest absolute Gasteiger partial charge is 0.328 e. The maximum Gasteiger partial charge on any atom is 0.328 e. The fraction of sp³-hybridized carbons (Fsp3) is 0.205. The minimum absolute atomic E-state index is 0.0575. The van der Waals surface area contributed by atoms with Crippen molar-refractivity contribution in [1.29, 1.82) is 5.26 Å². The highest BCUT2D eigenvalue weighted by atomic mass is 16.2. The summed E-state index contributed by atoms with van der Waals surface area (Å²) in [5.41, 5.74) is 8.35. The zero-order valence-electron chi connectivity index (χ0n) is 31.2. The van der Waals surface area contributed by atoms with Crippen LogP contribution in [-0.2, 0) is 23.7 Å². The van der Waals surface area contributed by atoms with Crippen molar-refractivity contribution in [2.75, 3.05) is 6.54 Å². The monoisotopic (exact) mass is 740 g/mol. The molecule has 0 aliphatic carbocycles. The van der Waals surface area contributed by atoms with Gasteiger partial charge >= 0.3 is 5.69 Å². The topological polar surface area (TPSA) is 157 Å². The van der Waals surface area contributed by atoms with Crippen molar-refractivity contribution < 1.29 is 14.4 Å². The lowest BCUT2D eigenvalue weighted by atomic mass is 9.93. The molecule has 5 heterocycles. The number of hydrogen-bond donors (Lipinski definition) is 2. The molecule has 0 saturated carbocycles. The highest BCUT2D eigenvalue weighted by Crippen LogP contribution is 2.36. The van der Waals surface area contributed by atoms with Crippen LogP contribution in [-0.4, -0.2) is 47.9 Å². The number of nitriles is 1. The number of benzene rings is 3. The van der Waals surface area contributed by atoms with E-state index < -0.39 is 11.9 Å². The minimum atomic E-state index is -0.609. The molecule has 12 nitrogen and oxygen atoms in total. The second kappa shape index (κ2) is 14.2. The number of pyridine rings is 2. The molecule has 0 radical (unpaired) electrons. The molecule has 276 valence electrons. The van der Waals surface area contributed by atoms with E-state index in [9.17, 15) is 24.4 Å². The van der Waals surface area contributed by atoms with Gasteiger partial charge in [-0.25, -0.2) is 4.79 Å². The molecule has 2 N–H and O–H groups in total. The molecule has 7 aromatic rings. The molecule has 3 amide bonds. The maximum absolute atomic E-state index is 13.0. The Bertz CT molecular complexity index is 2950. The van der Waals surface area contributed by atoms with E-state index in [1.165, 1.54) is 0 Å². The van der Waals surface area contributed by atoms with Gasteiger partial charge in [0.05, 0.1) is 34.4 Å². The Kier molecular flexibility index (Phi) is 9.03. The Balaban J connectivity index is 0.976. The number of hydrogen-bond acceptors (Lipinski definition) is 7. The van der Waals surface area contributed by atoms with Crippen molar-refractivity contribution in [3.05, 3.63) is 118 Å². The molecular weight excluding hydrogens is 705 g/mol. The van der Waals surface area contributed by atoms with Gasteiger partial charge in [0.15, 0.2) is 0 Å². The molecule has 12 heteroatoms. The number of rotatable bonds is 6. The number of amides is 3. The maximum atomic E-state index is 13.0. The predicted molar refractivity (Wildman–Crippen MR) is 214 cm³/mol. The van der Waals surface area contributed by atoms with Crippen LogP contribution < -0.4 is 16.3 Å². The Labute approximate surface area is 321 Å². The number of aromatic nitrogens is 5.